The Hall–Kier alpha value is -3.03. The van der Waals surface area contributed by atoms with Gasteiger partial charge in [-0.3, -0.25) is 9.52 Å². The largest absolute Gasteiger partial charge is 0.456 e. The first-order valence-electron chi connectivity index (χ1n) is 8.30. The van der Waals surface area contributed by atoms with Gasteiger partial charge in [0, 0.05) is 28.2 Å². The highest BCUT2D eigenvalue weighted by Crippen LogP contribution is 2.31. The number of nitrogens with one attached hydrogen (secondary N) is 2. The molecule has 28 heavy (non-hydrogen) atoms. The maximum atomic E-state index is 12.7. The summed E-state index contributed by atoms with van der Waals surface area (Å²) in [5, 5.41) is 4.92. The minimum atomic E-state index is -3.47. The van der Waals surface area contributed by atoms with Crippen molar-refractivity contribution in [3.05, 3.63) is 71.2 Å². The smallest absolute Gasteiger partial charge is 0.257 e. The van der Waals surface area contributed by atoms with Gasteiger partial charge in [0.25, 0.3) is 5.91 Å². The van der Waals surface area contributed by atoms with Crippen LogP contribution < -0.4 is 10.0 Å². The van der Waals surface area contributed by atoms with Gasteiger partial charge in [-0.05, 0) is 36.4 Å². The molecule has 142 valence electrons. The van der Waals surface area contributed by atoms with Crippen LogP contribution in [0, 0.1) is 0 Å². The number of sulfonamides is 1. The van der Waals surface area contributed by atoms with Crippen LogP contribution in [0.3, 0.4) is 0 Å². The predicted octanol–water partition coefficient (Wildman–Crippen LogP) is 4.86. The number of anilines is 2. The summed E-state index contributed by atoms with van der Waals surface area (Å²) in [6.45, 7) is 0. The number of amides is 1. The molecule has 0 spiro atoms. The monoisotopic (exact) mass is 414 g/mol. The van der Waals surface area contributed by atoms with Crippen LogP contribution >= 0.6 is 11.6 Å². The zero-order valence-electron chi connectivity index (χ0n) is 14.7. The van der Waals surface area contributed by atoms with Gasteiger partial charge in [-0.25, -0.2) is 8.42 Å². The molecular weight excluding hydrogens is 400 g/mol. The SMILES string of the molecule is CS(=O)(=O)Nc1ccc(Cl)c(C(=O)Nc2ccc3c(c2)oc2ccccc23)c1. The summed E-state index contributed by atoms with van der Waals surface area (Å²) in [6.07, 6.45) is 1.03. The Kier molecular flexibility index (Phi) is 4.49. The number of fused-ring (bicyclic) bond motifs is 3. The third-order valence-electron chi connectivity index (χ3n) is 4.15. The van der Waals surface area contributed by atoms with Crippen molar-refractivity contribution in [1.82, 2.24) is 0 Å². The molecule has 0 fully saturated rings. The molecule has 0 aliphatic carbocycles. The van der Waals surface area contributed by atoms with Crippen LogP contribution in [0.5, 0.6) is 0 Å². The lowest BCUT2D eigenvalue weighted by Gasteiger charge is -2.10. The molecule has 0 atom stereocenters. The molecule has 1 aromatic heterocycles. The van der Waals surface area contributed by atoms with Crippen LogP contribution in [0.1, 0.15) is 10.4 Å². The number of benzene rings is 3. The molecule has 0 aliphatic heterocycles. The lowest BCUT2D eigenvalue weighted by molar-refractivity contribution is 0.102. The van der Waals surface area contributed by atoms with Crippen LogP contribution in [0.25, 0.3) is 21.9 Å². The number of halogens is 1. The Morgan fingerprint density at radius 1 is 0.929 bits per heavy atom. The molecule has 0 saturated carbocycles. The third kappa shape index (κ3) is 3.67. The molecule has 6 nitrogen and oxygen atoms in total. The van der Waals surface area contributed by atoms with E-state index in [0.717, 1.165) is 22.6 Å². The van der Waals surface area contributed by atoms with Crippen molar-refractivity contribution in [3.8, 4) is 0 Å². The van der Waals surface area contributed by atoms with Crippen molar-refractivity contribution in [3.63, 3.8) is 0 Å². The molecule has 0 unspecified atom stereocenters. The highest BCUT2D eigenvalue weighted by Gasteiger charge is 2.14. The molecule has 0 radical (unpaired) electrons. The van der Waals surface area contributed by atoms with E-state index in [1.807, 2.05) is 30.3 Å². The van der Waals surface area contributed by atoms with E-state index in [1.165, 1.54) is 18.2 Å². The van der Waals surface area contributed by atoms with E-state index in [4.69, 9.17) is 16.0 Å². The lowest BCUT2D eigenvalue weighted by Crippen LogP contribution is -2.14. The number of hydrogen-bond donors (Lipinski definition) is 2. The number of rotatable bonds is 4. The molecule has 3 aromatic carbocycles. The van der Waals surface area contributed by atoms with E-state index < -0.39 is 15.9 Å². The Morgan fingerprint density at radius 3 is 2.43 bits per heavy atom. The Labute approximate surface area is 166 Å². The standard InChI is InChI=1S/C20H15ClN2O4S/c1-28(25,26)23-13-7-9-17(21)16(10-13)20(24)22-12-6-8-15-14-4-2-3-5-18(14)27-19(15)11-12/h2-11,23H,1H3,(H,22,24). The molecular formula is C20H15ClN2O4S. The normalized spacial score (nSPS) is 11.6. The van der Waals surface area contributed by atoms with Gasteiger partial charge in [0.2, 0.25) is 10.0 Å². The van der Waals surface area contributed by atoms with E-state index >= 15 is 0 Å². The van der Waals surface area contributed by atoms with E-state index in [-0.39, 0.29) is 16.3 Å². The molecule has 4 aromatic rings. The number of furan rings is 1. The average Bonchev–Trinajstić information content (AvgIpc) is 2.99. The second kappa shape index (κ2) is 6.85. The quantitative estimate of drug-likeness (QED) is 0.499. The van der Waals surface area contributed by atoms with E-state index in [9.17, 15) is 13.2 Å². The molecule has 2 N–H and O–H groups in total. The minimum Gasteiger partial charge on any atom is -0.456 e. The molecule has 8 heteroatoms. The van der Waals surface area contributed by atoms with Gasteiger partial charge in [0.05, 0.1) is 16.8 Å². The van der Waals surface area contributed by atoms with Crippen LogP contribution in [0.15, 0.2) is 65.1 Å². The highest BCUT2D eigenvalue weighted by atomic mass is 35.5. The molecule has 0 bridgehead atoms. The van der Waals surface area contributed by atoms with Gasteiger partial charge in [-0.15, -0.1) is 0 Å². The van der Waals surface area contributed by atoms with Crippen molar-refractivity contribution in [2.45, 2.75) is 0 Å². The first-order chi connectivity index (χ1) is 13.3. The summed E-state index contributed by atoms with van der Waals surface area (Å²) in [5.74, 6) is -0.461. The van der Waals surface area contributed by atoms with Crippen molar-refractivity contribution in [1.29, 1.82) is 0 Å². The average molecular weight is 415 g/mol. The van der Waals surface area contributed by atoms with Gasteiger partial charge < -0.3 is 9.73 Å². The fraction of sp³-hybridized carbons (Fsp3) is 0.0500. The van der Waals surface area contributed by atoms with E-state index in [1.54, 1.807) is 12.1 Å². The van der Waals surface area contributed by atoms with E-state index in [0.29, 0.717) is 11.3 Å². The lowest BCUT2D eigenvalue weighted by atomic mass is 10.1. The van der Waals surface area contributed by atoms with Crippen molar-refractivity contribution in [2.75, 3.05) is 16.3 Å². The van der Waals surface area contributed by atoms with Gasteiger partial charge in [-0.2, -0.15) is 0 Å². The van der Waals surface area contributed by atoms with E-state index in [2.05, 4.69) is 10.0 Å². The summed E-state index contributed by atoms with van der Waals surface area (Å²) in [6, 6.07) is 17.4. The summed E-state index contributed by atoms with van der Waals surface area (Å²) in [7, 11) is -3.47. The Bertz CT molecular complexity index is 1330. The van der Waals surface area contributed by atoms with Crippen LogP contribution in [0.4, 0.5) is 11.4 Å². The molecule has 0 saturated heterocycles. The minimum absolute atomic E-state index is 0.153. The number of carbonyl (C=O) groups is 1. The van der Waals surface area contributed by atoms with Gasteiger partial charge in [0.15, 0.2) is 0 Å². The fourth-order valence-corrected chi connectivity index (χ4v) is 3.74. The number of carbonyl (C=O) groups excluding carboxylic acids is 1. The van der Waals surface area contributed by atoms with Gasteiger partial charge in [-0.1, -0.05) is 29.8 Å². The van der Waals surface area contributed by atoms with Crippen molar-refractivity contribution in [2.24, 2.45) is 0 Å². The second-order valence-electron chi connectivity index (χ2n) is 6.33. The molecule has 0 aliphatic rings. The summed E-state index contributed by atoms with van der Waals surface area (Å²) in [4.78, 5) is 12.7. The van der Waals surface area contributed by atoms with Gasteiger partial charge in [0.1, 0.15) is 11.2 Å². The summed E-state index contributed by atoms with van der Waals surface area (Å²) in [5.41, 5.74) is 2.36. The molecule has 4 rings (SSSR count). The maximum Gasteiger partial charge on any atom is 0.257 e. The predicted molar refractivity (Wildman–Crippen MR) is 112 cm³/mol. The highest BCUT2D eigenvalue weighted by molar-refractivity contribution is 7.92. The number of para-hydroxylation sites is 1. The second-order valence-corrected chi connectivity index (χ2v) is 8.49. The fourth-order valence-electron chi connectivity index (χ4n) is 2.98. The third-order valence-corrected chi connectivity index (χ3v) is 5.09. The Morgan fingerprint density at radius 2 is 1.64 bits per heavy atom. The van der Waals surface area contributed by atoms with Crippen LogP contribution in [-0.4, -0.2) is 20.6 Å². The summed E-state index contributed by atoms with van der Waals surface area (Å²) < 4.78 is 31.0. The Balaban J connectivity index is 1.64. The molecule has 1 amide bonds. The zero-order chi connectivity index (χ0) is 19.9. The maximum absolute atomic E-state index is 12.7. The van der Waals surface area contributed by atoms with Crippen LogP contribution in [0.2, 0.25) is 5.02 Å². The van der Waals surface area contributed by atoms with Crippen molar-refractivity contribution < 1.29 is 17.6 Å². The molecule has 1 heterocycles. The zero-order valence-corrected chi connectivity index (χ0v) is 16.3. The first-order valence-corrected chi connectivity index (χ1v) is 10.6. The van der Waals surface area contributed by atoms with Crippen molar-refractivity contribution >= 4 is 60.8 Å². The first kappa shape index (κ1) is 18.3. The number of hydrogen-bond acceptors (Lipinski definition) is 4. The topological polar surface area (TPSA) is 88.4 Å². The summed E-state index contributed by atoms with van der Waals surface area (Å²) >= 11 is 6.12. The van der Waals surface area contributed by atoms with Gasteiger partial charge >= 0.3 is 0 Å². The van der Waals surface area contributed by atoms with Crippen LogP contribution in [-0.2, 0) is 10.0 Å².